The van der Waals surface area contributed by atoms with Gasteiger partial charge in [0.05, 0.1) is 12.2 Å². The van der Waals surface area contributed by atoms with Crippen molar-refractivity contribution in [1.82, 2.24) is 0 Å². The van der Waals surface area contributed by atoms with Crippen LogP contribution in [0.4, 0.5) is 0 Å². The highest BCUT2D eigenvalue weighted by Gasteiger charge is 2.21. The third kappa shape index (κ3) is 1.74. The predicted molar refractivity (Wildman–Crippen MR) is 69.6 cm³/mol. The molecule has 0 bridgehead atoms. The molecule has 18 heavy (non-hydrogen) atoms. The van der Waals surface area contributed by atoms with Crippen molar-refractivity contribution in [1.29, 1.82) is 0 Å². The van der Waals surface area contributed by atoms with Gasteiger partial charge in [0.1, 0.15) is 5.75 Å². The summed E-state index contributed by atoms with van der Waals surface area (Å²) in [6.07, 6.45) is 0.830. The molecule has 3 nitrogen and oxygen atoms in total. The molecule has 0 saturated carbocycles. The van der Waals surface area contributed by atoms with Crippen molar-refractivity contribution >= 4 is 5.91 Å². The molecule has 1 aliphatic heterocycles. The molecule has 0 spiro atoms. The molecule has 90 valence electrons. The molecule has 0 unspecified atom stereocenters. The number of rotatable bonds is 2. The number of hydrogen-bond donors (Lipinski definition) is 1. The number of benzene rings is 2. The zero-order valence-corrected chi connectivity index (χ0v) is 9.85. The summed E-state index contributed by atoms with van der Waals surface area (Å²) < 4.78 is 5.48. The molecule has 3 rings (SSSR count). The van der Waals surface area contributed by atoms with Crippen LogP contribution in [0, 0.1) is 0 Å². The van der Waals surface area contributed by atoms with Gasteiger partial charge in [-0.15, -0.1) is 0 Å². The fourth-order valence-electron chi connectivity index (χ4n) is 2.29. The minimum Gasteiger partial charge on any atom is -0.492 e. The summed E-state index contributed by atoms with van der Waals surface area (Å²) in [6.45, 7) is 0.619. The van der Waals surface area contributed by atoms with E-state index in [1.54, 1.807) is 0 Å². The maximum atomic E-state index is 11.5. The zero-order valence-electron chi connectivity index (χ0n) is 9.85. The van der Waals surface area contributed by atoms with Gasteiger partial charge in [0, 0.05) is 6.42 Å². The normalized spacial score (nSPS) is 12.9. The third-order valence-corrected chi connectivity index (χ3v) is 3.16. The lowest BCUT2D eigenvalue weighted by Crippen LogP contribution is -2.12. The smallest absolute Gasteiger partial charge is 0.252 e. The Bertz CT molecular complexity index is 605. The lowest BCUT2D eigenvalue weighted by atomic mass is 9.98. The Morgan fingerprint density at radius 2 is 1.89 bits per heavy atom. The average Bonchev–Trinajstić information content (AvgIpc) is 2.86. The SMILES string of the molecule is NC(=O)c1cc(-c2ccccc2)cc2c1OCC2. The van der Waals surface area contributed by atoms with Crippen molar-refractivity contribution < 1.29 is 9.53 Å². The van der Waals surface area contributed by atoms with E-state index < -0.39 is 5.91 Å². The molecule has 0 atom stereocenters. The first-order valence-corrected chi connectivity index (χ1v) is 5.90. The Morgan fingerprint density at radius 3 is 2.61 bits per heavy atom. The molecule has 2 aromatic rings. The van der Waals surface area contributed by atoms with Gasteiger partial charge in [-0.2, -0.15) is 0 Å². The number of hydrogen-bond acceptors (Lipinski definition) is 2. The molecule has 2 N–H and O–H groups in total. The van der Waals surface area contributed by atoms with Crippen LogP contribution in [0.1, 0.15) is 15.9 Å². The average molecular weight is 239 g/mol. The van der Waals surface area contributed by atoms with E-state index in [4.69, 9.17) is 10.5 Å². The topological polar surface area (TPSA) is 52.3 Å². The van der Waals surface area contributed by atoms with Crippen molar-refractivity contribution in [2.75, 3.05) is 6.61 Å². The van der Waals surface area contributed by atoms with E-state index >= 15 is 0 Å². The predicted octanol–water partition coefficient (Wildman–Crippen LogP) is 2.39. The Labute approximate surface area is 105 Å². The molecule has 3 heteroatoms. The van der Waals surface area contributed by atoms with Crippen LogP contribution in [-0.4, -0.2) is 12.5 Å². The molecule has 0 aromatic heterocycles. The first kappa shape index (κ1) is 10.8. The van der Waals surface area contributed by atoms with Gasteiger partial charge in [-0.3, -0.25) is 4.79 Å². The lowest BCUT2D eigenvalue weighted by Gasteiger charge is -2.09. The molecule has 0 radical (unpaired) electrons. The standard InChI is InChI=1S/C15H13NO2/c16-15(17)13-9-12(10-4-2-1-3-5-10)8-11-6-7-18-14(11)13/h1-5,8-9H,6-7H2,(H2,16,17). The minimum absolute atomic E-state index is 0.439. The number of carbonyl (C=O) groups is 1. The van der Waals surface area contributed by atoms with Gasteiger partial charge >= 0.3 is 0 Å². The summed E-state index contributed by atoms with van der Waals surface area (Å²) in [5.74, 6) is 0.216. The quantitative estimate of drug-likeness (QED) is 0.874. The van der Waals surface area contributed by atoms with Gasteiger partial charge in [-0.1, -0.05) is 30.3 Å². The van der Waals surface area contributed by atoms with E-state index in [2.05, 4.69) is 6.07 Å². The molecule has 1 aliphatic rings. The summed E-state index contributed by atoms with van der Waals surface area (Å²) >= 11 is 0. The van der Waals surface area contributed by atoms with Gasteiger partial charge < -0.3 is 10.5 Å². The fraction of sp³-hybridized carbons (Fsp3) is 0.133. The second kappa shape index (κ2) is 4.18. The Balaban J connectivity index is 2.18. The first-order chi connectivity index (χ1) is 8.75. The minimum atomic E-state index is -0.439. The van der Waals surface area contributed by atoms with Crippen LogP contribution in [0.5, 0.6) is 5.75 Å². The van der Waals surface area contributed by atoms with Crippen molar-refractivity contribution in [3.8, 4) is 16.9 Å². The lowest BCUT2D eigenvalue weighted by molar-refractivity contribution is 0.0997. The molecule has 1 amide bonds. The van der Waals surface area contributed by atoms with E-state index in [1.807, 2.05) is 36.4 Å². The Hall–Kier alpha value is -2.29. The van der Waals surface area contributed by atoms with E-state index in [-0.39, 0.29) is 0 Å². The van der Waals surface area contributed by atoms with Crippen molar-refractivity contribution in [2.45, 2.75) is 6.42 Å². The van der Waals surface area contributed by atoms with Crippen LogP contribution < -0.4 is 10.5 Å². The monoisotopic (exact) mass is 239 g/mol. The maximum Gasteiger partial charge on any atom is 0.252 e. The summed E-state index contributed by atoms with van der Waals surface area (Å²) in [6, 6.07) is 13.8. The molecular formula is C15H13NO2. The molecular weight excluding hydrogens is 226 g/mol. The van der Waals surface area contributed by atoms with Crippen molar-refractivity contribution in [3.05, 3.63) is 53.6 Å². The van der Waals surface area contributed by atoms with Gasteiger partial charge in [-0.25, -0.2) is 0 Å². The van der Waals surface area contributed by atoms with Crippen LogP contribution in [0.25, 0.3) is 11.1 Å². The van der Waals surface area contributed by atoms with E-state index in [0.29, 0.717) is 17.9 Å². The number of carbonyl (C=O) groups excluding carboxylic acids is 1. The number of amides is 1. The Morgan fingerprint density at radius 1 is 1.11 bits per heavy atom. The molecule has 0 saturated heterocycles. The number of ether oxygens (including phenoxy) is 1. The van der Waals surface area contributed by atoms with E-state index in [0.717, 1.165) is 23.1 Å². The van der Waals surface area contributed by atoms with E-state index in [1.165, 1.54) is 0 Å². The van der Waals surface area contributed by atoms with Crippen LogP contribution in [-0.2, 0) is 6.42 Å². The van der Waals surface area contributed by atoms with Crippen LogP contribution in [0.2, 0.25) is 0 Å². The highest BCUT2D eigenvalue weighted by molar-refractivity contribution is 5.97. The molecule has 1 heterocycles. The highest BCUT2D eigenvalue weighted by atomic mass is 16.5. The summed E-state index contributed by atoms with van der Waals surface area (Å²) in [4.78, 5) is 11.5. The van der Waals surface area contributed by atoms with Crippen LogP contribution in [0.15, 0.2) is 42.5 Å². The summed E-state index contributed by atoms with van der Waals surface area (Å²) in [5, 5.41) is 0. The zero-order chi connectivity index (χ0) is 12.5. The van der Waals surface area contributed by atoms with Gasteiger partial charge in [0.2, 0.25) is 0 Å². The summed E-state index contributed by atoms with van der Waals surface area (Å²) in [5.41, 5.74) is 9.04. The first-order valence-electron chi connectivity index (χ1n) is 5.90. The van der Waals surface area contributed by atoms with E-state index in [9.17, 15) is 4.79 Å². The largest absolute Gasteiger partial charge is 0.492 e. The maximum absolute atomic E-state index is 11.5. The van der Waals surface area contributed by atoms with Crippen LogP contribution in [0.3, 0.4) is 0 Å². The fourth-order valence-corrected chi connectivity index (χ4v) is 2.29. The third-order valence-electron chi connectivity index (χ3n) is 3.16. The number of primary amides is 1. The second-order valence-corrected chi connectivity index (χ2v) is 4.34. The highest BCUT2D eigenvalue weighted by Crippen LogP contribution is 2.34. The Kier molecular flexibility index (Phi) is 2.52. The molecule has 0 fully saturated rings. The van der Waals surface area contributed by atoms with Crippen molar-refractivity contribution in [3.63, 3.8) is 0 Å². The number of nitrogens with two attached hydrogens (primary N) is 1. The van der Waals surface area contributed by atoms with Crippen LogP contribution >= 0.6 is 0 Å². The van der Waals surface area contributed by atoms with Crippen molar-refractivity contribution in [2.24, 2.45) is 5.73 Å². The molecule has 2 aromatic carbocycles. The molecule has 0 aliphatic carbocycles. The van der Waals surface area contributed by atoms with Gasteiger partial charge in [0.15, 0.2) is 0 Å². The summed E-state index contributed by atoms with van der Waals surface area (Å²) in [7, 11) is 0. The second-order valence-electron chi connectivity index (χ2n) is 4.34. The van der Waals surface area contributed by atoms with Gasteiger partial charge in [0.25, 0.3) is 5.91 Å². The van der Waals surface area contributed by atoms with Gasteiger partial charge in [-0.05, 0) is 28.8 Å². The number of fused-ring (bicyclic) bond motifs is 1.